The molecule has 3 rings (SSSR count). The van der Waals surface area contributed by atoms with Gasteiger partial charge in [-0.25, -0.2) is 0 Å². The summed E-state index contributed by atoms with van der Waals surface area (Å²) in [7, 11) is 0. The minimum absolute atomic E-state index is 0.0560. The lowest BCUT2D eigenvalue weighted by Gasteiger charge is -2.29. The Labute approximate surface area is 167 Å². The summed E-state index contributed by atoms with van der Waals surface area (Å²) < 4.78 is 0. The zero-order valence-corrected chi connectivity index (χ0v) is 17.1. The molecule has 1 N–H and O–H groups in total. The zero-order valence-electron chi connectivity index (χ0n) is 17.1. The Bertz CT molecular complexity index is 861. The fourth-order valence-electron chi connectivity index (χ4n) is 4.20. The Morgan fingerprint density at radius 3 is 2.61 bits per heavy atom. The zero-order chi connectivity index (χ0) is 20.1. The minimum Gasteiger partial charge on any atom is -0.356 e. The molecule has 4 heteroatoms. The predicted octanol–water partition coefficient (Wildman–Crippen LogP) is 3.97. The third-order valence-corrected chi connectivity index (χ3v) is 5.70. The normalized spacial score (nSPS) is 18.9. The van der Waals surface area contributed by atoms with Crippen molar-refractivity contribution in [1.29, 1.82) is 0 Å². The molecule has 0 aromatic heterocycles. The van der Waals surface area contributed by atoms with Crippen LogP contribution in [0.4, 0.5) is 0 Å². The van der Waals surface area contributed by atoms with Crippen LogP contribution >= 0.6 is 0 Å². The number of nitrogens with zero attached hydrogens (tertiary/aromatic N) is 1. The van der Waals surface area contributed by atoms with Gasteiger partial charge in [-0.05, 0) is 43.4 Å². The highest BCUT2D eigenvalue weighted by atomic mass is 16.2. The lowest BCUT2D eigenvalue weighted by atomic mass is 9.78. The van der Waals surface area contributed by atoms with Crippen LogP contribution in [-0.4, -0.2) is 36.3 Å². The van der Waals surface area contributed by atoms with Crippen molar-refractivity contribution in [3.8, 4) is 11.1 Å². The van der Waals surface area contributed by atoms with Crippen LogP contribution in [0.1, 0.15) is 37.8 Å². The fraction of sp³-hybridized carbons (Fsp3) is 0.417. The van der Waals surface area contributed by atoms with Crippen LogP contribution in [0, 0.1) is 12.3 Å². The number of hydrogen-bond acceptors (Lipinski definition) is 2. The first-order valence-corrected chi connectivity index (χ1v) is 10.2. The summed E-state index contributed by atoms with van der Waals surface area (Å²) in [4.78, 5) is 27.2. The molecule has 0 unspecified atom stereocenters. The van der Waals surface area contributed by atoms with Gasteiger partial charge >= 0.3 is 0 Å². The van der Waals surface area contributed by atoms with E-state index in [1.807, 2.05) is 30.9 Å². The van der Waals surface area contributed by atoms with E-state index in [4.69, 9.17) is 0 Å². The largest absolute Gasteiger partial charge is 0.356 e. The number of carbonyl (C=O) groups is 2. The second kappa shape index (κ2) is 8.59. The Balaban J connectivity index is 1.97. The van der Waals surface area contributed by atoms with Gasteiger partial charge in [0.1, 0.15) is 0 Å². The van der Waals surface area contributed by atoms with Crippen molar-refractivity contribution in [2.45, 2.75) is 40.0 Å². The minimum atomic E-state index is -0.569. The Morgan fingerprint density at radius 2 is 1.89 bits per heavy atom. The van der Waals surface area contributed by atoms with E-state index in [9.17, 15) is 9.59 Å². The van der Waals surface area contributed by atoms with Crippen LogP contribution in [0.2, 0.25) is 0 Å². The van der Waals surface area contributed by atoms with E-state index in [2.05, 4.69) is 48.6 Å². The lowest BCUT2D eigenvalue weighted by molar-refractivity contribution is -0.133. The van der Waals surface area contributed by atoms with E-state index in [1.165, 1.54) is 11.1 Å². The number of likely N-dealkylation sites (tertiary alicyclic amines) is 1. The number of aryl methyl sites for hydroxylation is 1. The summed E-state index contributed by atoms with van der Waals surface area (Å²) in [5, 5.41) is 3.02. The summed E-state index contributed by atoms with van der Waals surface area (Å²) in [5.41, 5.74) is 4.13. The number of hydrogen-bond donors (Lipinski definition) is 1. The monoisotopic (exact) mass is 378 g/mol. The second-order valence-electron chi connectivity index (χ2n) is 7.76. The maximum Gasteiger partial charge on any atom is 0.228 e. The van der Waals surface area contributed by atoms with Gasteiger partial charge in [0.2, 0.25) is 11.8 Å². The summed E-state index contributed by atoms with van der Waals surface area (Å²) in [6, 6.07) is 16.8. The first kappa shape index (κ1) is 20.1. The molecule has 1 saturated heterocycles. The third-order valence-electron chi connectivity index (χ3n) is 5.70. The molecule has 0 radical (unpaired) electrons. The molecule has 1 fully saturated rings. The highest BCUT2D eigenvalue weighted by Crippen LogP contribution is 2.38. The van der Waals surface area contributed by atoms with Gasteiger partial charge in [0.15, 0.2) is 0 Å². The van der Waals surface area contributed by atoms with Crippen LogP contribution < -0.4 is 5.32 Å². The second-order valence-corrected chi connectivity index (χ2v) is 7.76. The van der Waals surface area contributed by atoms with E-state index in [0.717, 1.165) is 11.1 Å². The molecule has 2 amide bonds. The van der Waals surface area contributed by atoms with Crippen LogP contribution in [-0.2, 0) is 16.0 Å². The highest BCUT2D eigenvalue weighted by molar-refractivity contribution is 5.86. The smallest absolute Gasteiger partial charge is 0.228 e. The number of nitrogens with one attached hydrogen (secondary N) is 1. The molecule has 0 bridgehead atoms. The highest BCUT2D eigenvalue weighted by Gasteiger charge is 2.45. The number of amides is 2. The molecule has 1 aliphatic rings. The molecular weight excluding hydrogens is 348 g/mol. The maximum absolute atomic E-state index is 13.1. The van der Waals surface area contributed by atoms with E-state index < -0.39 is 5.41 Å². The Hall–Kier alpha value is -2.62. The molecule has 0 spiro atoms. The van der Waals surface area contributed by atoms with E-state index in [1.54, 1.807) is 0 Å². The summed E-state index contributed by atoms with van der Waals surface area (Å²) in [6.07, 6.45) is 1.81. The summed E-state index contributed by atoms with van der Waals surface area (Å²) in [6.45, 7) is 7.65. The molecule has 2 aromatic rings. The van der Waals surface area contributed by atoms with E-state index >= 15 is 0 Å². The molecule has 1 atom stereocenters. The van der Waals surface area contributed by atoms with E-state index in [-0.39, 0.29) is 11.8 Å². The van der Waals surface area contributed by atoms with E-state index in [0.29, 0.717) is 38.9 Å². The van der Waals surface area contributed by atoms with Gasteiger partial charge in [0, 0.05) is 26.1 Å². The van der Waals surface area contributed by atoms with Gasteiger partial charge in [-0.2, -0.15) is 0 Å². The number of carbonyl (C=O) groups excluding carboxylic acids is 2. The van der Waals surface area contributed by atoms with Gasteiger partial charge < -0.3 is 10.2 Å². The molecule has 0 saturated carbocycles. The third kappa shape index (κ3) is 4.11. The molecular formula is C24H30N2O2. The first-order valence-electron chi connectivity index (χ1n) is 10.2. The molecule has 28 heavy (non-hydrogen) atoms. The van der Waals surface area contributed by atoms with Crippen molar-refractivity contribution in [3.05, 3.63) is 59.7 Å². The van der Waals surface area contributed by atoms with Gasteiger partial charge in [0.25, 0.3) is 0 Å². The summed E-state index contributed by atoms with van der Waals surface area (Å²) >= 11 is 0. The quantitative estimate of drug-likeness (QED) is 0.827. The van der Waals surface area contributed by atoms with Crippen molar-refractivity contribution in [2.24, 2.45) is 5.41 Å². The molecule has 4 nitrogen and oxygen atoms in total. The van der Waals surface area contributed by atoms with Gasteiger partial charge in [-0.3, -0.25) is 9.59 Å². The van der Waals surface area contributed by atoms with Crippen LogP contribution in [0.25, 0.3) is 11.1 Å². The molecule has 148 valence electrons. The topological polar surface area (TPSA) is 49.4 Å². The standard InChI is InChI=1S/C24H30N2O2/c1-4-22(27)26-14-13-24(17-26,23(28)25-5-2)16-20-10-6-7-12-21(20)19-11-8-9-18(3)15-19/h6-12,15H,4-5,13-14,16-17H2,1-3H3,(H,25,28)/t24-/m1/s1. The van der Waals surface area contributed by atoms with Crippen LogP contribution in [0.3, 0.4) is 0 Å². The maximum atomic E-state index is 13.1. The molecule has 2 aromatic carbocycles. The van der Waals surface area contributed by atoms with Gasteiger partial charge in [-0.1, -0.05) is 61.0 Å². The van der Waals surface area contributed by atoms with Crippen molar-refractivity contribution in [1.82, 2.24) is 10.2 Å². The first-order chi connectivity index (χ1) is 13.5. The van der Waals surface area contributed by atoms with Gasteiger partial charge in [0.05, 0.1) is 5.41 Å². The fourth-order valence-corrected chi connectivity index (χ4v) is 4.20. The van der Waals surface area contributed by atoms with Crippen LogP contribution in [0.15, 0.2) is 48.5 Å². The Kier molecular flexibility index (Phi) is 6.18. The van der Waals surface area contributed by atoms with Crippen molar-refractivity contribution in [2.75, 3.05) is 19.6 Å². The number of rotatable bonds is 6. The molecule has 1 heterocycles. The SMILES string of the molecule is CCNC(=O)[C@@]1(Cc2ccccc2-c2cccc(C)c2)CCN(C(=O)CC)C1. The lowest BCUT2D eigenvalue weighted by Crippen LogP contribution is -2.45. The summed E-state index contributed by atoms with van der Waals surface area (Å²) in [5.74, 6) is 0.179. The molecule has 0 aliphatic carbocycles. The van der Waals surface area contributed by atoms with Crippen molar-refractivity contribution < 1.29 is 9.59 Å². The number of benzene rings is 2. The predicted molar refractivity (Wildman–Crippen MR) is 113 cm³/mol. The van der Waals surface area contributed by atoms with Crippen LogP contribution in [0.5, 0.6) is 0 Å². The Morgan fingerprint density at radius 1 is 1.11 bits per heavy atom. The average molecular weight is 379 g/mol. The van der Waals surface area contributed by atoms with Crippen molar-refractivity contribution >= 4 is 11.8 Å². The van der Waals surface area contributed by atoms with Crippen molar-refractivity contribution in [3.63, 3.8) is 0 Å². The average Bonchev–Trinajstić information content (AvgIpc) is 3.13. The molecule has 1 aliphatic heterocycles. The van der Waals surface area contributed by atoms with Gasteiger partial charge in [-0.15, -0.1) is 0 Å².